The minimum absolute atomic E-state index is 0.243. The maximum absolute atomic E-state index is 13.4. The van der Waals surface area contributed by atoms with Crippen molar-refractivity contribution in [2.75, 3.05) is 0 Å². The summed E-state index contributed by atoms with van der Waals surface area (Å²) in [5.41, 5.74) is 2.38. The highest BCUT2D eigenvalue weighted by Gasteiger charge is 2.15. The van der Waals surface area contributed by atoms with Crippen LogP contribution in [0.1, 0.15) is 36.9 Å². The van der Waals surface area contributed by atoms with E-state index in [0.717, 1.165) is 22.3 Å². The lowest BCUT2D eigenvalue weighted by Crippen LogP contribution is -2.06. The van der Waals surface area contributed by atoms with Crippen LogP contribution in [0, 0.1) is 5.82 Å². The van der Waals surface area contributed by atoms with Gasteiger partial charge in [-0.15, -0.1) is 0 Å². The largest absolute Gasteiger partial charge is 0.487 e. The number of rotatable bonds is 5. The number of aryl methyl sites for hydroxylation is 2. The van der Waals surface area contributed by atoms with Crippen LogP contribution in [0.15, 0.2) is 22.7 Å². The Morgan fingerprint density at radius 3 is 2.76 bits per heavy atom. The Bertz CT molecular complexity index is 641. The van der Waals surface area contributed by atoms with Crippen LogP contribution in [-0.2, 0) is 20.1 Å². The summed E-state index contributed by atoms with van der Waals surface area (Å²) >= 11 is 3.51. The van der Waals surface area contributed by atoms with E-state index in [4.69, 9.17) is 4.74 Å². The van der Waals surface area contributed by atoms with Crippen molar-refractivity contribution < 1.29 is 14.2 Å². The van der Waals surface area contributed by atoms with Gasteiger partial charge < -0.3 is 9.84 Å². The third-order valence-electron chi connectivity index (χ3n) is 3.29. The van der Waals surface area contributed by atoms with Crippen molar-refractivity contribution in [3.8, 4) is 5.75 Å². The Morgan fingerprint density at radius 1 is 1.48 bits per heavy atom. The Balaban J connectivity index is 2.24. The second kappa shape index (κ2) is 6.58. The van der Waals surface area contributed by atoms with Crippen LogP contribution < -0.4 is 4.74 Å². The van der Waals surface area contributed by atoms with E-state index in [0.29, 0.717) is 11.3 Å². The second-order valence-electron chi connectivity index (χ2n) is 4.83. The highest BCUT2D eigenvalue weighted by molar-refractivity contribution is 9.10. The van der Waals surface area contributed by atoms with E-state index in [9.17, 15) is 9.50 Å². The molecule has 1 heterocycles. The fourth-order valence-corrected chi connectivity index (χ4v) is 2.83. The lowest BCUT2D eigenvalue weighted by atomic mass is 10.1. The minimum Gasteiger partial charge on any atom is -0.487 e. The van der Waals surface area contributed by atoms with Gasteiger partial charge in [-0.05, 0) is 41.4 Å². The average Bonchev–Trinajstić information content (AvgIpc) is 2.71. The van der Waals surface area contributed by atoms with E-state index in [1.54, 1.807) is 11.6 Å². The monoisotopic (exact) mass is 356 g/mol. The van der Waals surface area contributed by atoms with Gasteiger partial charge in [0.2, 0.25) is 0 Å². The molecule has 0 amide bonds. The average molecular weight is 357 g/mol. The van der Waals surface area contributed by atoms with Crippen molar-refractivity contribution in [3.63, 3.8) is 0 Å². The first-order chi connectivity index (χ1) is 9.93. The van der Waals surface area contributed by atoms with Gasteiger partial charge in [0, 0.05) is 18.7 Å². The second-order valence-corrected chi connectivity index (χ2v) is 5.62. The molecule has 0 aliphatic rings. The van der Waals surface area contributed by atoms with Crippen molar-refractivity contribution in [1.82, 2.24) is 9.78 Å². The smallest absolute Gasteiger partial charge is 0.131 e. The molecule has 0 bridgehead atoms. The van der Waals surface area contributed by atoms with E-state index in [-0.39, 0.29) is 6.61 Å². The Labute approximate surface area is 131 Å². The van der Waals surface area contributed by atoms with Crippen LogP contribution in [0.4, 0.5) is 4.39 Å². The zero-order valence-corrected chi connectivity index (χ0v) is 13.8. The molecule has 4 nitrogen and oxygen atoms in total. The number of hydrogen-bond acceptors (Lipinski definition) is 3. The molecule has 0 spiro atoms. The lowest BCUT2D eigenvalue weighted by Gasteiger charge is -2.14. The van der Waals surface area contributed by atoms with Crippen molar-refractivity contribution in [2.24, 2.45) is 7.05 Å². The van der Waals surface area contributed by atoms with Crippen LogP contribution in [-0.4, -0.2) is 14.9 Å². The fourth-order valence-electron chi connectivity index (χ4n) is 2.10. The lowest BCUT2D eigenvalue weighted by molar-refractivity contribution is 0.189. The molecular weight excluding hydrogens is 339 g/mol. The number of halogens is 2. The van der Waals surface area contributed by atoms with E-state index in [1.165, 1.54) is 18.2 Å². The maximum Gasteiger partial charge on any atom is 0.131 e. The van der Waals surface area contributed by atoms with E-state index in [2.05, 4.69) is 21.0 Å². The molecule has 1 unspecified atom stereocenters. The van der Waals surface area contributed by atoms with Gasteiger partial charge >= 0.3 is 0 Å². The van der Waals surface area contributed by atoms with Crippen LogP contribution in [0.2, 0.25) is 0 Å². The zero-order chi connectivity index (χ0) is 15.6. The third kappa shape index (κ3) is 3.44. The number of nitrogens with zero attached hydrogens (tertiary/aromatic N) is 2. The Hall–Kier alpha value is -1.40. The summed E-state index contributed by atoms with van der Waals surface area (Å²) in [6.07, 6.45) is 0.0922. The molecular formula is C15H18BrFN2O2. The first kappa shape index (κ1) is 16.0. The quantitative estimate of drug-likeness (QED) is 0.891. The summed E-state index contributed by atoms with van der Waals surface area (Å²) in [6.45, 7) is 3.89. The summed E-state index contributed by atoms with van der Waals surface area (Å²) < 4.78 is 21.7. The minimum atomic E-state index is -0.721. The summed E-state index contributed by atoms with van der Waals surface area (Å²) in [5.74, 6) is -0.0520. The number of benzene rings is 1. The predicted molar refractivity (Wildman–Crippen MR) is 81.7 cm³/mol. The van der Waals surface area contributed by atoms with Crippen LogP contribution in [0.25, 0.3) is 0 Å². The first-order valence-corrected chi connectivity index (χ1v) is 7.53. The van der Waals surface area contributed by atoms with Crippen molar-refractivity contribution >= 4 is 15.9 Å². The Morgan fingerprint density at radius 2 is 2.19 bits per heavy atom. The van der Waals surface area contributed by atoms with Crippen LogP contribution in [0.5, 0.6) is 5.75 Å². The molecule has 0 fully saturated rings. The van der Waals surface area contributed by atoms with Crippen molar-refractivity contribution in [2.45, 2.75) is 33.0 Å². The van der Waals surface area contributed by atoms with E-state index < -0.39 is 11.9 Å². The number of aliphatic hydroxyl groups excluding tert-OH is 1. The van der Waals surface area contributed by atoms with Gasteiger partial charge in [-0.25, -0.2) is 4.39 Å². The normalized spacial score (nSPS) is 12.5. The zero-order valence-electron chi connectivity index (χ0n) is 12.2. The molecule has 2 aromatic rings. The van der Waals surface area contributed by atoms with E-state index in [1.807, 2.05) is 14.0 Å². The van der Waals surface area contributed by atoms with Crippen LogP contribution in [0.3, 0.4) is 0 Å². The molecule has 0 radical (unpaired) electrons. The topological polar surface area (TPSA) is 47.3 Å². The number of hydrogen-bond donors (Lipinski definition) is 1. The van der Waals surface area contributed by atoms with Crippen LogP contribution >= 0.6 is 15.9 Å². The molecule has 0 aliphatic carbocycles. The third-order valence-corrected chi connectivity index (χ3v) is 4.21. The summed E-state index contributed by atoms with van der Waals surface area (Å²) in [4.78, 5) is 0. The molecule has 1 aromatic carbocycles. The summed E-state index contributed by atoms with van der Waals surface area (Å²) in [7, 11) is 1.84. The van der Waals surface area contributed by atoms with Gasteiger partial charge in [0.15, 0.2) is 0 Å². The van der Waals surface area contributed by atoms with Gasteiger partial charge in [-0.3, -0.25) is 4.68 Å². The fraction of sp³-hybridized carbons (Fsp3) is 0.400. The highest BCUT2D eigenvalue weighted by Crippen LogP contribution is 2.28. The van der Waals surface area contributed by atoms with Crippen molar-refractivity contribution in [1.29, 1.82) is 0 Å². The molecule has 2 rings (SSSR count). The molecule has 0 saturated carbocycles. The molecule has 21 heavy (non-hydrogen) atoms. The number of aliphatic hydroxyl groups is 1. The molecule has 6 heteroatoms. The van der Waals surface area contributed by atoms with Gasteiger partial charge in [0.25, 0.3) is 0 Å². The van der Waals surface area contributed by atoms with Gasteiger partial charge in [-0.2, -0.15) is 5.10 Å². The molecule has 0 saturated heterocycles. The number of ether oxygens (including phenoxy) is 1. The Kier molecular flexibility index (Phi) is 5.00. The molecule has 0 aliphatic heterocycles. The summed E-state index contributed by atoms with van der Waals surface area (Å²) in [6, 6.07) is 4.13. The predicted octanol–water partition coefficient (Wildman–Crippen LogP) is 3.52. The highest BCUT2D eigenvalue weighted by atomic mass is 79.9. The standard InChI is InChI=1S/C15H18BrFN2O2/c1-4-12-15(16)13(19(3)18-12)8-21-14-7-10(17)5-6-11(14)9(2)20/h5-7,9,20H,4,8H2,1-3H3. The van der Waals surface area contributed by atoms with Gasteiger partial charge in [-0.1, -0.05) is 6.92 Å². The van der Waals surface area contributed by atoms with E-state index >= 15 is 0 Å². The molecule has 114 valence electrons. The first-order valence-electron chi connectivity index (χ1n) is 6.74. The van der Waals surface area contributed by atoms with Crippen molar-refractivity contribution in [3.05, 3.63) is 45.4 Å². The molecule has 1 N–H and O–H groups in total. The molecule has 1 aromatic heterocycles. The van der Waals surface area contributed by atoms with Gasteiger partial charge in [0.05, 0.1) is 22.0 Å². The number of aromatic nitrogens is 2. The van der Waals surface area contributed by atoms with Gasteiger partial charge in [0.1, 0.15) is 18.2 Å². The SMILES string of the molecule is CCc1nn(C)c(COc2cc(F)ccc2C(C)O)c1Br. The maximum atomic E-state index is 13.4. The summed E-state index contributed by atoms with van der Waals surface area (Å²) in [5, 5.41) is 14.1. The molecule has 1 atom stereocenters.